The summed E-state index contributed by atoms with van der Waals surface area (Å²) in [7, 11) is 0. The molecule has 1 aromatic rings. The Labute approximate surface area is 84.9 Å². The summed E-state index contributed by atoms with van der Waals surface area (Å²) >= 11 is 6.05. The van der Waals surface area contributed by atoms with Crippen molar-refractivity contribution in [2.24, 2.45) is 11.1 Å². The Kier molecular flexibility index (Phi) is 2.99. The maximum Gasteiger partial charge on any atom is 0.0453 e. The molecule has 0 radical (unpaired) electrons. The fourth-order valence-electron chi connectivity index (χ4n) is 1.19. The molecule has 13 heavy (non-hydrogen) atoms. The summed E-state index contributed by atoms with van der Waals surface area (Å²) in [6.07, 6.45) is 0. The molecule has 1 atom stereocenters. The fourth-order valence-corrected chi connectivity index (χ4v) is 1.45. The third-order valence-electron chi connectivity index (χ3n) is 2.17. The molecule has 0 fully saturated rings. The van der Waals surface area contributed by atoms with Crippen LogP contribution in [0.25, 0.3) is 0 Å². The van der Waals surface area contributed by atoms with Crippen molar-refractivity contribution >= 4 is 11.6 Å². The maximum atomic E-state index is 6.09. The van der Waals surface area contributed by atoms with Gasteiger partial charge in [0.25, 0.3) is 0 Å². The van der Waals surface area contributed by atoms with Gasteiger partial charge in [-0.1, -0.05) is 50.6 Å². The molecule has 1 aromatic carbocycles. The first-order valence-electron chi connectivity index (χ1n) is 4.43. The summed E-state index contributed by atoms with van der Waals surface area (Å²) in [5.41, 5.74) is 7.16. The first-order chi connectivity index (χ1) is 5.93. The fraction of sp³-hybridized carbons (Fsp3) is 0.455. The molecular weight excluding hydrogens is 182 g/mol. The Morgan fingerprint density at radius 3 is 2.23 bits per heavy atom. The Bertz CT molecular complexity index is 288. The minimum absolute atomic E-state index is 0.0128. The second-order valence-electron chi connectivity index (χ2n) is 4.37. The summed E-state index contributed by atoms with van der Waals surface area (Å²) in [6.45, 7) is 6.34. The van der Waals surface area contributed by atoms with Crippen molar-refractivity contribution in [3.8, 4) is 0 Å². The molecule has 1 nitrogen and oxygen atoms in total. The second kappa shape index (κ2) is 3.69. The van der Waals surface area contributed by atoms with Crippen molar-refractivity contribution in [2.75, 3.05) is 0 Å². The van der Waals surface area contributed by atoms with Crippen LogP contribution in [0.1, 0.15) is 32.4 Å². The van der Waals surface area contributed by atoms with Crippen molar-refractivity contribution < 1.29 is 0 Å². The van der Waals surface area contributed by atoms with Gasteiger partial charge in [0.05, 0.1) is 0 Å². The molecule has 0 bridgehead atoms. The van der Waals surface area contributed by atoms with E-state index in [4.69, 9.17) is 17.3 Å². The van der Waals surface area contributed by atoms with E-state index in [0.29, 0.717) is 0 Å². The van der Waals surface area contributed by atoms with Crippen LogP contribution in [0, 0.1) is 5.41 Å². The highest BCUT2D eigenvalue weighted by atomic mass is 35.5. The van der Waals surface area contributed by atoms with E-state index in [1.54, 1.807) is 0 Å². The first-order valence-corrected chi connectivity index (χ1v) is 4.80. The van der Waals surface area contributed by atoms with Gasteiger partial charge in [0.15, 0.2) is 0 Å². The van der Waals surface area contributed by atoms with E-state index in [9.17, 15) is 0 Å². The van der Waals surface area contributed by atoms with Crippen molar-refractivity contribution in [1.82, 2.24) is 0 Å². The van der Waals surface area contributed by atoms with Gasteiger partial charge in [-0.3, -0.25) is 0 Å². The molecule has 2 heteroatoms. The van der Waals surface area contributed by atoms with Gasteiger partial charge in [0.1, 0.15) is 0 Å². The quantitative estimate of drug-likeness (QED) is 0.734. The molecule has 0 aliphatic heterocycles. The van der Waals surface area contributed by atoms with Crippen LogP contribution in [0.15, 0.2) is 24.3 Å². The summed E-state index contributed by atoms with van der Waals surface area (Å²) in [4.78, 5) is 0. The van der Waals surface area contributed by atoms with Crippen LogP contribution < -0.4 is 5.73 Å². The molecule has 0 aliphatic carbocycles. The highest BCUT2D eigenvalue weighted by molar-refractivity contribution is 6.31. The van der Waals surface area contributed by atoms with Crippen LogP contribution in [0.2, 0.25) is 5.02 Å². The van der Waals surface area contributed by atoms with Gasteiger partial charge in [-0.05, 0) is 17.0 Å². The molecule has 0 saturated carbocycles. The summed E-state index contributed by atoms with van der Waals surface area (Å²) in [6, 6.07) is 7.73. The Balaban J connectivity index is 3.02. The molecule has 0 aliphatic rings. The molecule has 72 valence electrons. The van der Waals surface area contributed by atoms with E-state index in [0.717, 1.165) is 10.6 Å². The molecule has 0 aromatic heterocycles. The zero-order valence-corrected chi connectivity index (χ0v) is 9.10. The number of benzene rings is 1. The van der Waals surface area contributed by atoms with Crippen molar-refractivity contribution in [1.29, 1.82) is 0 Å². The normalized spacial score (nSPS) is 14.2. The number of rotatable bonds is 1. The molecule has 2 N–H and O–H groups in total. The van der Waals surface area contributed by atoms with Gasteiger partial charge >= 0.3 is 0 Å². The summed E-state index contributed by atoms with van der Waals surface area (Å²) < 4.78 is 0. The van der Waals surface area contributed by atoms with Crippen LogP contribution in [0.4, 0.5) is 0 Å². The summed E-state index contributed by atoms with van der Waals surface area (Å²) in [5.74, 6) is 0. The Hall–Kier alpha value is -0.530. The Morgan fingerprint density at radius 1 is 1.23 bits per heavy atom. The third-order valence-corrected chi connectivity index (χ3v) is 2.52. The standard InChI is InChI=1S/C11H16ClN/c1-11(2,3)10(13)8-6-4-5-7-9(8)12/h4-7,10H,13H2,1-3H3. The molecule has 1 rings (SSSR count). The largest absolute Gasteiger partial charge is 0.323 e. The van der Waals surface area contributed by atoms with Crippen LogP contribution in [-0.2, 0) is 0 Å². The minimum atomic E-state index is -0.0128. The number of hydrogen-bond acceptors (Lipinski definition) is 1. The second-order valence-corrected chi connectivity index (χ2v) is 4.77. The van der Waals surface area contributed by atoms with E-state index < -0.39 is 0 Å². The predicted molar refractivity (Wildman–Crippen MR) is 57.8 cm³/mol. The van der Waals surface area contributed by atoms with Crippen LogP contribution in [-0.4, -0.2) is 0 Å². The number of nitrogens with two attached hydrogens (primary N) is 1. The average Bonchev–Trinajstić information content (AvgIpc) is 2.02. The summed E-state index contributed by atoms with van der Waals surface area (Å²) in [5, 5.41) is 0.755. The predicted octanol–water partition coefficient (Wildman–Crippen LogP) is 3.39. The van der Waals surface area contributed by atoms with E-state index in [1.807, 2.05) is 24.3 Å². The molecule has 0 saturated heterocycles. The highest BCUT2D eigenvalue weighted by Crippen LogP contribution is 2.33. The van der Waals surface area contributed by atoms with Crippen molar-refractivity contribution in [3.05, 3.63) is 34.9 Å². The smallest absolute Gasteiger partial charge is 0.0453 e. The zero-order valence-electron chi connectivity index (χ0n) is 8.34. The third kappa shape index (κ3) is 2.45. The van der Waals surface area contributed by atoms with Gasteiger partial charge < -0.3 is 5.73 Å². The van der Waals surface area contributed by atoms with Gasteiger partial charge in [-0.25, -0.2) is 0 Å². The lowest BCUT2D eigenvalue weighted by Crippen LogP contribution is -2.26. The number of halogens is 1. The van der Waals surface area contributed by atoms with Gasteiger partial charge in [-0.2, -0.15) is 0 Å². The lowest BCUT2D eigenvalue weighted by molar-refractivity contribution is 0.327. The molecule has 0 heterocycles. The van der Waals surface area contributed by atoms with Crippen molar-refractivity contribution in [2.45, 2.75) is 26.8 Å². The average molecular weight is 198 g/mol. The van der Waals surface area contributed by atoms with Crippen molar-refractivity contribution in [3.63, 3.8) is 0 Å². The van der Waals surface area contributed by atoms with Gasteiger partial charge in [-0.15, -0.1) is 0 Å². The highest BCUT2D eigenvalue weighted by Gasteiger charge is 2.23. The lowest BCUT2D eigenvalue weighted by Gasteiger charge is -2.28. The van der Waals surface area contributed by atoms with Crippen LogP contribution >= 0.6 is 11.6 Å². The number of hydrogen-bond donors (Lipinski definition) is 1. The molecule has 0 spiro atoms. The SMILES string of the molecule is CC(C)(C)C(N)c1ccccc1Cl. The molecule has 1 unspecified atom stereocenters. The van der Waals surface area contributed by atoms with Crippen LogP contribution in [0.3, 0.4) is 0 Å². The van der Waals surface area contributed by atoms with E-state index in [2.05, 4.69) is 20.8 Å². The zero-order chi connectivity index (χ0) is 10.1. The monoisotopic (exact) mass is 197 g/mol. The van der Waals surface area contributed by atoms with E-state index in [-0.39, 0.29) is 11.5 Å². The van der Waals surface area contributed by atoms with E-state index >= 15 is 0 Å². The van der Waals surface area contributed by atoms with Crippen LogP contribution in [0.5, 0.6) is 0 Å². The lowest BCUT2D eigenvalue weighted by atomic mass is 9.83. The topological polar surface area (TPSA) is 26.0 Å². The minimum Gasteiger partial charge on any atom is -0.323 e. The van der Waals surface area contributed by atoms with Gasteiger partial charge in [0.2, 0.25) is 0 Å². The maximum absolute atomic E-state index is 6.09. The molecule has 0 amide bonds. The van der Waals surface area contributed by atoms with Gasteiger partial charge in [0, 0.05) is 11.1 Å². The Morgan fingerprint density at radius 2 is 1.77 bits per heavy atom. The first kappa shape index (κ1) is 10.6. The van der Waals surface area contributed by atoms with E-state index in [1.165, 1.54) is 0 Å². The molecular formula is C11H16ClN.